The summed E-state index contributed by atoms with van der Waals surface area (Å²) in [5, 5.41) is 8.08. The lowest BCUT2D eigenvalue weighted by Gasteiger charge is -2.26. The molecule has 1 heterocycles. The van der Waals surface area contributed by atoms with Crippen LogP contribution in [0.4, 0.5) is 0 Å². The fourth-order valence-electron chi connectivity index (χ4n) is 3.80. The Morgan fingerprint density at radius 1 is 1.13 bits per heavy atom. The predicted octanol–water partition coefficient (Wildman–Crippen LogP) is 4.25. The molecule has 0 saturated heterocycles. The Kier molecular flexibility index (Phi) is 6.07. The molecule has 0 aliphatic heterocycles. The van der Waals surface area contributed by atoms with E-state index in [1.54, 1.807) is 6.07 Å². The summed E-state index contributed by atoms with van der Waals surface area (Å²) in [6.45, 7) is 7.30. The summed E-state index contributed by atoms with van der Waals surface area (Å²) in [6.07, 6.45) is 2.03. The maximum absolute atomic E-state index is 13.5. The quantitative estimate of drug-likeness (QED) is 0.592. The summed E-state index contributed by atoms with van der Waals surface area (Å²) in [4.78, 5) is 27.6. The first-order valence-electron chi connectivity index (χ1n) is 10.9. The van der Waals surface area contributed by atoms with Gasteiger partial charge in [-0.25, -0.2) is 5.10 Å². The van der Waals surface area contributed by atoms with Crippen molar-refractivity contribution >= 4 is 16.7 Å². The largest absolute Gasteiger partial charge is 0.493 e. The Balaban J connectivity index is 1.57. The number of nitrogens with one attached hydrogen (secondary N) is 1. The molecule has 0 spiro atoms. The molecule has 3 aromatic rings. The molecule has 162 valence electrons. The van der Waals surface area contributed by atoms with Crippen LogP contribution in [0.3, 0.4) is 0 Å². The Morgan fingerprint density at radius 3 is 2.58 bits per heavy atom. The van der Waals surface area contributed by atoms with Crippen molar-refractivity contribution in [3.05, 3.63) is 70.1 Å². The highest BCUT2D eigenvalue weighted by molar-refractivity contribution is 5.91. The van der Waals surface area contributed by atoms with Crippen molar-refractivity contribution in [1.82, 2.24) is 15.1 Å². The van der Waals surface area contributed by atoms with E-state index in [1.807, 2.05) is 54.3 Å². The van der Waals surface area contributed by atoms with Crippen molar-refractivity contribution in [2.75, 3.05) is 6.61 Å². The summed E-state index contributed by atoms with van der Waals surface area (Å²) in [5.41, 5.74) is 1.42. The molecule has 6 nitrogen and oxygen atoms in total. The van der Waals surface area contributed by atoms with E-state index >= 15 is 0 Å². The molecule has 31 heavy (non-hydrogen) atoms. The number of ether oxygens (including phenoxy) is 1. The molecule has 1 saturated carbocycles. The van der Waals surface area contributed by atoms with E-state index in [1.165, 1.54) is 0 Å². The van der Waals surface area contributed by atoms with Crippen LogP contribution in [0, 0.1) is 5.92 Å². The van der Waals surface area contributed by atoms with Gasteiger partial charge in [-0.2, -0.15) is 5.10 Å². The zero-order chi connectivity index (χ0) is 22.0. The highest BCUT2D eigenvalue weighted by Crippen LogP contribution is 2.33. The number of fused-ring (bicyclic) bond motifs is 1. The molecule has 2 aromatic carbocycles. The van der Waals surface area contributed by atoms with Crippen LogP contribution in [-0.2, 0) is 11.3 Å². The van der Waals surface area contributed by atoms with Crippen LogP contribution >= 0.6 is 0 Å². The van der Waals surface area contributed by atoms with Crippen molar-refractivity contribution < 1.29 is 9.53 Å². The van der Waals surface area contributed by atoms with Gasteiger partial charge >= 0.3 is 0 Å². The number of hydrogen-bond donors (Lipinski definition) is 1. The number of aromatic nitrogens is 2. The molecular formula is C25H29N3O3. The molecule has 1 aliphatic carbocycles. The number of aromatic amines is 1. The van der Waals surface area contributed by atoms with Crippen LogP contribution in [0.5, 0.6) is 5.75 Å². The summed E-state index contributed by atoms with van der Waals surface area (Å²) in [5.74, 6) is 0.854. The molecule has 0 bridgehead atoms. The minimum atomic E-state index is -0.456. The van der Waals surface area contributed by atoms with E-state index in [4.69, 9.17) is 4.74 Å². The molecule has 0 radical (unpaired) electrons. The molecule has 1 N–H and O–H groups in total. The average Bonchev–Trinajstić information content (AvgIpc) is 3.61. The van der Waals surface area contributed by atoms with Crippen LogP contribution in [0.15, 0.2) is 53.3 Å². The molecular weight excluding hydrogens is 390 g/mol. The molecule has 1 aromatic heterocycles. The molecule has 6 heteroatoms. The molecule has 4 rings (SSSR count). The van der Waals surface area contributed by atoms with Crippen molar-refractivity contribution in [3.63, 3.8) is 0 Å². The number of hydrogen-bond acceptors (Lipinski definition) is 4. The Labute approximate surface area is 182 Å². The minimum absolute atomic E-state index is 0.0284. The van der Waals surface area contributed by atoms with E-state index < -0.39 is 5.92 Å². The van der Waals surface area contributed by atoms with Gasteiger partial charge in [0.05, 0.1) is 23.6 Å². The smallest absolute Gasteiger partial charge is 0.272 e. The summed E-state index contributed by atoms with van der Waals surface area (Å²) < 4.78 is 5.86. The molecule has 1 aliphatic rings. The van der Waals surface area contributed by atoms with E-state index in [9.17, 15) is 9.59 Å². The van der Waals surface area contributed by atoms with Crippen LogP contribution < -0.4 is 10.3 Å². The topological polar surface area (TPSA) is 75.3 Å². The lowest BCUT2D eigenvalue weighted by atomic mass is 9.99. The first kappa shape index (κ1) is 21.1. The van der Waals surface area contributed by atoms with Gasteiger partial charge in [0.25, 0.3) is 5.56 Å². The number of nitrogens with zero attached hydrogens (tertiary/aromatic N) is 2. The number of amides is 1. The van der Waals surface area contributed by atoms with Gasteiger partial charge in [-0.1, -0.05) is 44.2 Å². The lowest BCUT2D eigenvalue weighted by molar-refractivity contribution is -0.133. The molecule has 1 fully saturated rings. The van der Waals surface area contributed by atoms with Crippen molar-refractivity contribution in [2.45, 2.75) is 52.1 Å². The van der Waals surface area contributed by atoms with Gasteiger partial charge in [0, 0.05) is 18.0 Å². The van der Waals surface area contributed by atoms with Gasteiger partial charge < -0.3 is 9.64 Å². The highest BCUT2D eigenvalue weighted by Gasteiger charge is 2.36. The second-order valence-electron chi connectivity index (χ2n) is 8.75. The third kappa shape index (κ3) is 4.79. The molecule has 1 atom stereocenters. The number of rotatable bonds is 8. The number of H-pyrrole nitrogens is 1. The zero-order valence-corrected chi connectivity index (χ0v) is 18.3. The predicted molar refractivity (Wildman–Crippen MR) is 121 cm³/mol. The Hall–Kier alpha value is -3.15. The second kappa shape index (κ2) is 8.92. The van der Waals surface area contributed by atoms with E-state index in [0.717, 1.165) is 29.5 Å². The maximum Gasteiger partial charge on any atom is 0.272 e. The zero-order valence-electron chi connectivity index (χ0n) is 18.3. The molecule has 1 unspecified atom stereocenters. The fraction of sp³-hybridized carbons (Fsp3) is 0.400. The Morgan fingerprint density at radius 2 is 1.87 bits per heavy atom. The van der Waals surface area contributed by atoms with Gasteiger partial charge in [-0.05, 0) is 49.4 Å². The van der Waals surface area contributed by atoms with Crippen LogP contribution in [0.2, 0.25) is 0 Å². The third-order valence-corrected chi connectivity index (χ3v) is 5.61. The summed E-state index contributed by atoms with van der Waals surface area (Å²) in [7, 11) is 0. The lowest BCUT2D eigenvalue weighted by Crippen LogP contribution is -2.36. The third-order valence-electron chi connectivity index (χ3n) is 5.61. The maximum atomic E-state index is 13.5. The summed E-state index contributed by atoms with van der Waals surface area (Å²) >= 11 is 0. The van der Waals surface area contributed by atoms with Crippen LogP contribution in [0.1, 0.15) is 50.8 Å². The van der Waals surface area contributed by atoms with E-state index in [0.29, 0.717) is 30.1 Å². The second-order valence-corrected chi connectivity index (χ2v) is 8.75. The van der Waals surface area contributed by atoms with Gasteiger partial charge in [-0.3, -0.25) is 9.59 Å². The highest BCUT2D eigenvalue weighted by atomic mass is 16.5. The van der Waals surface area contributed by atoms with Crippen molar-refractivity contribution in [2.24, 2.45) is 5.92 Å². The van der Waals surface area contributed by atoms with Gasteiger partial charge in [0.2, 0.25) is 5.91 Å². The Bertz CT molecular complexity index is 1130. The van der Waals surface area contributed by atoms with E-state index in [-0.39, 0.29) is 17.5 Å². The monoisotopic (exact) mass is 419 g/mol. The van der Waals surface area contributed by atoms with Crippen molar-refractivity contribution in [1.29, 1.82) is 0 Å². The minimum Gasteiger partial charge on any atom is -0.493 e. The number of carbonyl (C=O) groups excluding carboxylic acids is 1. The van der Waals surface area contributed by atoms with Crippen molar-refractivity contribution in [3.8, 4) is 5.75 Å². The van der Waals surface area contributed by atoms with Gasteiger partial charge in [0.1, 0.15) is 5.75 Å². The van der Waals surface area contributed by atoms with Crippen LogP contribution in [0.25, 0.3) is 10.8 Å². The van der Waals surface area contributed by atoms with Crippen LogP contribution in [-0.4, -0.2) is 33.7 Å². The first-order chi connectivity index (χ1) is 14.9. The molecule has 1 amide bonds. The standard InChI is InChI=1S/C25H29N3O3/c1-16(2)15-31-20-8-6-7-18(13-20)14-28(19-11-12-19)25(30)17(3)23-21-9-4-5-10-22(21)24(29)27-26-23/h4-10,13,16-17,19H,11-12,14-15H2,1-3H3,(H,27,29). The fourth-order valence-corrected chi connectivity index (χ4v) is 3.80. The van der Waals surface area contributed by atoms with E-state index in [2.05, 4.69) is 24.0 Å². The van der Waals surface area contributed by atoms with Gasteiger partial charge in [-0.15, -0.1) is 0 Å². The SMILES string of the molecule is CC(C)COc1cccc(CN(C(=O)C(C)c2n[nH]c(=O)c3ccccc23)C2CC2)c1. The summed E-state index contributed by atoms with van der Waals surface area (Å²) in [6, 6.07) is 15.5. The number of benzene rings is 2. The number of carbonyl (C=O) groups is 1. The average molecular weight is 420 g/mol. The normalized spacial score (nSPS) is 14.6. The first-order valence-corrected chi connectivity index (χ1v) is 10.9. The van der Waals surface area contributed by atoms with Gasteiger partial charge in [0.15, 0.2) is 0 Å².